The number of hydrazone groups is 1. The third-order valence-electron chi connectivity index (χ3n) is 4.69. The minimum atomic E-state index is 0.00442. The lowest BCUT2D eigenvalue weighted by Crippen LogP contribution is -2.13. The van der Waals surface area contributed by atoms with Crippen molar-refractivity contribution in [3.05, 3.63) is 58.8 Å². The smallest absolute Gasteiger partial charge is 0.128 e. The lowest BCUT2D eigenvalue weighted by atomic mass is 10.0. The second-order valence-corrected chi connectivity index (χ2v) is 7.77. The fourth-order valence-corrected chi connectivity index (χ4v) is 3.17. The highest BCUT2D eigenvalue weighted by atomic mass is 32.1. The van der Waals surface area contributed by atoms with E-state index in [1.807, 2.05) is 6.92 Å². The first kappa shape index (κ1) is 22.4. The first-order chi connectivity index (χ1) is 13.6. The zero-order valence-electron chi connectivity index (χ0n) is 17.9. The van der Waals surface area contributed by atoms with Gasteiger partial charge in [0.05, 0.1) is 10.7 Å². The summed E-state index contributed by atoms with van der Waals surface area (Å²) >= 11 is 4.85. The first-order valence-corrected chi connectivity index (χ1v) is 9.93. The monoisotopic (exact) mass is 411 g/mol. The van der Waals surface area contributed by atoms with Crippen LogP contribution in [-0.2, 0) is 13.5 Å². The van der Waals surface area contributed by atoms with Crippen molar-refractivity contribution in [2.75, 3.05) is 0 Å². The minimum Gasteiger partial charge on any atom is -0.508 e. The molecular formula is C23H29N3O2S. The molecule has 0 spiro atoms. The van der Waals surface area contributed by atoms with Crippen LogP contribution in [0.2, 0.25) is 0 Å². The lowest BCUT2D eigenvalue weighted by molar-refractivity contribution is 0.445. The Bertz CT molecular complexity index is 1070. The molecule has 2 aromatic carbocycles. The van der Waals surface area contributed by atoms with Gasteiger partial charge in [-0.3, -0.25) is 5.43 Å². The summed E-state index contributed by atoms with van der Waals surface area (Å²) in [5.74, 6) is 0.102. The van der Waals surface area contributed by atoms with E-state index in [1.54, 1.807) is 19.9 Å². The summed E-state index contributed by atoms with van der Waals surface area (Å²) < 4.78 is 2.17. The second-order valence-electron chi connectivity index (χ2n) is 7.16. The first-order valence-electron chi connectivity index (χ1n) is 9.52. The zero-order valence-corrected chi connectivity index (χ0v) is 18.7. The number of benzene rings is 2. The summed E-state index contributed by atoms with van der Waals surface area (Å²) in [5.41, 5.74) is 8.64. The van der Waals surface area contributed by atoms with Gasteiger partial charge in [0, 0.05) is 35.8 Å². The number of aromatic hydroxyl groups is 2. The van der Waals surface area contributed by atoms with Crippen LogP contribution in [0.5, 0.6) is 11.5 Å². The number of aryl methyl sites for hydroxylation is 4. The Labute approximate surface area is 177 Å². The van der Waals surface area contributed by atoms with Gasteiger partial charge >= 0.3 is 0 Å². The number of fused-ring (bicyclic) bond motifs is 1. The van der Waals surface area contributed by atoms with Gasteiger partial charge in [-0.1, -0.05) is 30.8 Å². The van der Waals surface area contributed by atoms with Gasteiger partial charge < -0.3 is 14.8 Å². The van der Waals surface area contributed by atoms with Crippen LogP contribution in [0.25, 0.3) is 10.9 Å². The number of nitrogens with zero attached hydrogens (tertiary/aromatic N) is 2. The largest absolute Gasteiger partial charge is 0.508 e. The lowest BCUT2D eigenvalue weighted by Gasteiger charge is -2.09. The molecular weight excluding hydrogens is 382 g/mol. The van der Waals surface area contributed by atoms with Gasteiger partial charge in [-0.05, 0) is 63.4 Å². The molecule has 1 aromatic heterocycles. The molecule has 0 unspecified atom stereocenters. The predicted octanol–water partition coefficient (Wildman–Crippen LogP) is 5.12. The van der Waals surface area contributed by atoms with Crippen molar-refractivity contribution in [2.24, 2.45) is 12.1 Å². The topological polar surface area (TPSA) is 69.8 Å². The molecule has 0 amide bonds. The molecule has 1 heterocycles. The van der Waals surface area contributed by atoms with Crippen molar-refractivity contribution >= 4 is 33.8 Å². The number of hydrogen-bond donors (Lipinski definition) is 3. The zero-order chi connectivity index (χ0) is 21.7. The molecule has 3 rings (SSSR count). The molecule has 3 N–H and O–H groups in total. The highest BCUT2D eigenvalue weighted by Gasteiger charge is 2.10. The molecule has 3 aromatic rings. The van der Waals surface area contributed by atoms with Crippen molar-refractivity contribution in [2.45, 2.75) is 41.0 Å². The maximum absolute atomic E-state index is 9.75. The Kier molecular flexibility index (Phi) is 7.40. The quantitative estimate of drug-likeness (QED) is 0.318. The Morgan fingerprint density at radius 2 is 1.79 bits per heavy atom. The van der Waals surface area contributed by atoms with Crippen LogP contribution >= 0.6 is 12.2 Å². The van der Waals surface area contributed by atoms with Crippen LogP contribution < -0.4 is 5.43 Å². The van der Waals surface area contributed by atoms with Crippen molar-refractivity contribution < 1.29 is 10.2 Å². The highest BCUT2D eigenvalue weighted by Crippen LogP contribution is 2.28. The highest BCUT2D eigenvalue weighted by molar-refractivity contribution is 7.80. The molecule has 0 fully saturated rings. The summed E-state index contributed by atoms with van der Waals surface area (Å²) in [7, 11) is 2.09. The molecule has 0 saturated heterocycles. The fraction of sp³-hybridized carbons (Fsp3) is 0.304. The van der Waals surface area contributed by atoms with E-state index >= 15 is 0 Å². The average molecular weight is 412 g/mol. The standard InChI is InChI=1S/C12H16N2O2S.C11H13N/c1-4-9-5-10(12(16)6-11(9)15)7(2)13-14-8(3)17;1-8-4-5-11-10(6-8)9(2)7-12(11)3/h5-6,15-16H,4H2,1-3H3,(H,14,17);4-7H,1-3H3/b13-7+;. The van der Waals surface area contributed by atoms with Gasteiger partial charge in [0.15, 0.2) is 0 Å². The Hall–Kier alpha value is -2.86. The minimum absolute atomic E-state index is 0.00442. The van der Waals surface area contributed by atoms with Crippen LogP contribution in [-0.4, -0.2) is 25.5 Å². The average Bonchev–Trinajstić information content (AvgIpc) is 2.93. The number of rotatable bonds is 3. The number of nitrogens with one attached hydrogen (secondary N) is 1. The van der Waals surface area contributed by atoms with Crippen molar-refractivity contribution in [3.8, 4) is 11.5 Å². The molecule has 0 atom stereocenters. The van der Waals surface area contributed by atoms with Crippen molar-refractivity contribution in [1.82, 2.24) is 9.99 Å². The molecule has 154 valence electrons. The van der Waals surface area contributed by atoms with Gasteiger partial charge in [0.2, 0.25) is 0 Å². The van der Waals surface area contributed by atoms with E-state index in [9.17, 15) is 10.2 Å². The van der Waals surface area contributed by atoms with Crippen molar-refractivity contribution in [1.29, 1.82) is 0 Å². The molecule has 6 heteroatoms. The summed E-state index contributed by atoms with van der Waals surface area (Å²) in [5, 5.41) is 24.7. The SMILES string of the molecule is CCc1cc(/C(C)=N/NC(C)=S)c(O)cc1O.Cc1ccc2c(c1)c(C)cn2C. The van der Waals surface area contributed by atoms with E-state index in [4.69, 9.17) is 12.2 Å². The van der Waals surface area contributed by atoms with E-state index < -0.39 is 0 Å². The summed E-state index contributed by atoms with van der Waals surface area (Å²) in [6.07, 6.45) is 2.86. The van der Waals surface area contributed by atoms with Crippen LogP contribution in [0.4, 0.5) is 0 Å². The third-order valence-corrected chi connectivity index (χ3v) is 4.78. The van der Waals surface area contributed by atoms with Gasteiger partial charge in [-0.15, -0.1) is 0 Å². The molecule has 5 nitrogen and oxygen atoms in total. The molecule has 29 heavy (non-hydrogen) atoms. The molecule has 0 bridgehead atoms. The van der Waals surface area contributed by atoms with E-state index in [2.05, 4.69) is 60.4 Å². The fourth-order valence-electron chi connectivity index (χ4n) is 3.12. The summed E-state index contributed by atoms with van der Waals surface area (Å²) in [4.78, 5) is 0.554. The van der Waals surface area contributed by atoms with Gasteiger partial charge in [-0.2, -0.15) is 5.10 Å². The van der Waals surface area contributed by atoms with E-state index in [0.29, 0.717) is 22.7 Å². The predicted molar refractivity (Wildman–Crippen MR) is 125 cm³/mol. The third kappa shape index (κ3) is 5.57. The molecule has 0 aliphatic heterocycles. The summed E-state index contributed by atoms with van der Waals surface area (Å²) in [6.45, 7) is 9.70. The van der Waals surface area contributed by atoms with E-state index in [1.165, 1.54) is 28.1 Å². The maximum atomic E-state index is 9.75. The normalized spacial score (nSPS) is 11.2. The number of phenolic OH excluding ortho intramolecular Hbond substituents is 2. The molecule has 0 aliphatic carbocycles. The molecule has 0 saturated carbocycles. The van der Waals surface area contributed by atoms with E-state index in [0.717, 1.165) is 5.56 Å². The second kappa shape index (κ2) is 9.56. The number of thiocarbonyl (C=S) groups is 1. The maximum Gasteiger partial charge on any atom is 0.128 e. The Morgan fingerprint density at radius 1 is 1.10 bits per heavy atom. The Morgan fingerprint density at radius 3 is 2.41 bits per heavy atom. The molecule has 0 radical (unpaired) electrons. The van der Waals surface area contributed by atoms with Gasteiger partial charge in [0.25, 0.3) is 0 Å². The molecule has 0 aliphatic rings. The van der Waals surface area contributed by atoms with Gasteiger partial charge in [-0.25, -0.2) is 0 Å². The van der Waals surface area contributed by atoms with Crippen molar-refractivity contribution in [3.63, 3.8) is 0 Å². The Balaban J connectivity index is 0.000000218. The van der Waals surface area contributed by atoms with Crippen LogP contribution in [0, 0.1) is 13.8 Å². The number of aromatic nitrogens is 1. The van der Waals surface area contributed by atoms with Crippen LogP contribution in [0.1, 0.15) is 43.0 Å². The van der Waals surface area contributed by atoms with Crippen LogP contribution in [0.3, 0.4) is 0 Å². The number of hydrogen-bond acceptors (Lipinski definition) is 4. The van der Waals surface area contributed by atoms with Gasteiger partial charge in [0.1, 0.15) is 11.5 Å². The van der Waals surface area contributed by atoms with E-state index in [-0.39, 0.29) is 11.5 Å². The number of phenols is 2. The summed E-state index contributed by atoms with van der Waals surface area (Å²) in [6, 6.07) is 9.63. The van der Waals surface area contributed by atoms with Crippen LogP contribution in [0.15, 0.2) is 41.6 Å².